The smallest absolute Gasteiger partial charge is 0.176 e. The van der Waals surface area contributed by atoms with Crippen LogP contribution in [0.5, 0.6) is 0 Å². The van der Waals surface area contributed by atoms with E-state index in [2.05, 4.69) is 47.7 Å². The highest BCUT2D eigenvalue weighted by Crippen LogP contribution is 2.35. The number of anilines is 1. The summed E-state index contributed by atoms with van der Waals surface area (Å²) in [5.74, 6) is 0.717. The van der Waals surface area contributed by atoms with Gasteiger partial charge in [-0.05, 0) is 71.7 Å². The summed E-state index contributed by atoms with van der Waals surface area (Å²) in [5.41, 5.74) is 1.12. The van der Waals surface area contributed by atoms with Crippen molar-refractivity contribution in [2.24, 2.45) is 5.41 Å². The lowest BCUT2D eigenvalue weighted by molar-refractivity contribution is 0.258. The Balaban J connectivity index is 1.96. The third-order valence-corrected chi connectivity index (χ3v) is 5.74. The minimum atomic E-state index is -0.535. The van der Waals surface area contributed by atoms with Gasteiger partial charge in [0.05, 0.1) is 11.6 Å². The Labute approximate surface area is 198 Å². The molecule has 31 heavy (non-hydrogen) atoms. The molecule has 0 saturated heterocycles. The van der Waals surface area contributed by atoms with Crippen molar-refractivity contribution in [3.8, 4) is 0 Å². The maximum Gasteiger partial charge on any atom is 0.176 e. The minimum Gasteiger partial charge on any atom is -0.373 e. The van der Waals surface area contributed by atoms with Gasteiger partial charge in [0.2, 0.25) is 0 Å². The first-order chi connectivity index (χ1) is 14.5. The van der Waals surface area contributed by atoms with Crippen LogP contribution >= 0.6 is 34.8 Å². The summed E-state index contributed by atoms with van der Waals surface area (Å²) < 4.78 is 1.86. The van der Waals surface area contributed by atoms with Gasteiger partial charge in [0.1, 0.15) is 0 Å². The first-order valence-electron chi connectivity index (χ1n) is 9.93. The molecule has 1 aromatic heterocycles. The summed E-state index contributed by atoms with van der Waals surface area (Å²) in [6.45, 7) is 10.5. The van der Waals surface area contributed by atoms with Crippen molar-refractivity contribution in [2.45, 2.75) is 46.2 Å². The van der Waals surface area contributed by atoms with Gasteiger partial charge in [-0.2, -0.15) is 0 Å². The standard InChI is InChI=1S/C23H26Cl3N5/c1-22(2,3)20(13-7-15-6-8-17(25)14-19(15)26)31-21(28-29-30-31)23(4,5)27-18-11-9-16(24)10-12-18/h6-14,20,27H,1-5H3/b13-7+. The summed E-state index contributed by atoms with van der Waals surface area (Å²) in [6, 6.07) is 12.9. The van der Waals surface area contributed by atoms with E-state index in [1.165, 1.54) is 0 Å². The van der Waals surface area contributed by atoms with E-state index in [-0.39, 0.29) is 11.5 Å². The lowest BCUT2D eigenvalue weighted by Crippen LogP contribution is -2.35. The summed E-state index contributed by atoms with van der Waals surface area (Å²) in [7, 11) is 0. The molecule has 1 N–H and O–H groups in total. The molecule has 3 aromatic rings. The molecule has 5 nitrogen and oxygen atoms in total. The molecule has 0 saturated carbocycles. The Hall–Kier alpha value is -2.08. The molecule has 1 atom stereocenters. The highest BCUT2D eigenvalue weighted by atomic mass is 35.5. The van der Waals surface area contributed by atoms with E-state index in [4.69, 9.17) is 34.8 Å². The molecule has 3 rings (SSSR count). The van der Waals surface area contributed by atoms with Crippen LogP contribution in [0, 0.1) is 5.41 Å². The van der Waals surface area contributed by atoms with Crippen molar-refractivity contribution >= 4 is 46.6 Å². The molecule has 0 aliphatic carbocycles. The van der Waals surface area contributed by atoms with Crippen LogP contribution in [0.25, 0.3) is 6.08 Å². The number of nitrogens with zero attached hydrogens (tertiary/aromatic N) is 4. The van der Waals surface area contributed by atoms with Gasteiger partial charge in [0.25, 0.3) is 0 Å². The fourth-order valence-electron chi connectivity index (χ4n) is 3.31. The van der Waals surface area contributed by atoms with Crippen molar-refractivity contribution < 1.29 is 0 Å². The number of rotatable bonds is 6. The summed E-state index contributed by atoms with van der Waals surface area (Å²) >= 11 is 18.4. The van der Waals surface area contributed by atoms with E-state index in [1.54, 1.807) is 6.07 Å². The number of hydrogen-bond acceptors (Lipinski definition) is 4. The van der Waals surface area contributed by atoms with Crippen molar-refractivity contribution in [3.63, 3.8) is 0 Å². The second-order valence-electron chi connectivity index (χ2n) is 9.04. The monoisotopic (exact) mass is 477 g/mol. The van der Waals surface area contributed by atoms with Gasteiger partial charge >= 0.3 is 0 Å². The zero-order chi connectivity index (χ0) is 22.8. The number of hydrogen-bond donors (Lipinski definition) is 1. The minimum absolute atomic E-state index is 0.115. The Morgan fingerprint density at radius 3 is 2.19 bits per heavy atom. The van der Waals surface area contributed by atoms with Gasteiger partial charge in [-0.15, -0.1) is 5.10 Å². The molecule has 8 heteroatoms. The predicted molar refractivity (Wildman–Crippen MR) is 130 cm³/mol. The van der Waals surface area contributed by atoms with Gasteiger partial charge in [0.15, 0.2) is 5.82 Å². The average Bonchev–Trinajstić information content (AvgIpc) is 3.14. The van der Waals surface area contributed by atoms with Gasteiger partial charge in [0, 0.05) is 20.8 Å². The number of allylic oxidation sites excluding steroid dienone is 1. The molecule has 0 aliphatic heterocycles. The molecule has 164 valence electrons. The first kappa shape index (κ1) is 23.6. The van der Waals surface area contributed by atoms with Crippen LogP contribution in [-0.4, -0.2) is 20.2 Å². The van der Waals surface area contributed by atoms with E-state index in [0.29, 0.717) is 20.9 Å². The number of tetrazole rings is 1. The lowest BCUT2D eigenvalue weighted by atomic mass is 9.85. The Kier molecular flexibility index (Phi) is 6.99. The summed E-state index contributed by atoms with van der Waals surface area (Å²) in [5, 5.41) is 18.1. The summed E-state index contributed by atoms with van der Waals surface area (Å²) in [6.07, 6.45) is 4.06. The van der Waals surface area contributed by atoms with Crippen molar-refractivity contribution in [1.82, 2.24) is 20.2 Å². The molecule has 1 heterocycles. The van der Waals surface area contributed by atoms with Crippen LogP contribution in [0.15, 0.2) is 48.5 Å². The van der Waals surface area contributed by atoms with Gasteiger partial charge in [-0.1, -0.05) is 73.8 Å². The van der Waals surface area contributed by atoms with E-state index in [9.17, 15) is 0 Å². The van der Waals surface area contributed by atoms with E-state index >= 15 is 0 Å². The third kappa shape index (κ3) is 5.79. The average molecular weight is 479 g/mol. The third-order valence-electron chi connectivity index (χ3n) is 4.92. The van der Waals surface area contributed by atoms with Crippen molar-refractivity contribution in [3.05, 3.63) is 75.0 Å². The van der Waals surface area contributed by atoms with E-state index < -0.39 is 5.54 Å². The zero-order valence-corrected chi connectivity index (χ0v) is 20.5. The van der Waals surface area contributed by atoms with Crippen molar-refractivity contribution in [1.29, 1.82) is 0 Å². The van der Waals surface area contributed by atoms with Crippen molar-refractivity contribution in [2.75, 3.05) is 5.32 Å². The van der Waals surface area contributed by atoms with Crippen LogP contribution < -0.4 is 5.32 Å². The van der Waals surface area contributed by atoms with Gasteiger partial charge in [-0.3, -0.25) is 0 Å². The van der Waals surface area contributed by atoms with Crippen LogP contribution in [0.4, 0.5) is 5.69 Å². The molecule has 1 unspecified atom stereocenters. The van der Waals surface area contributed by atoms with Crippen LogP contribution in [0.1, 0.15) is 52.0 Å². The largest absolute Gasteiger partial charge is 0.373 e. The second kappa shape index (κ2) is 9.19. The van der Waals surface area contributed by atoms with Crippen LogP contribution in [0.3, 0.4) is 0 Å². The molecule has 0 radical (unpaired) electrons. The van der Waals surface area contributed by atoms with Crippen LogP contribution in [-0.2, 0) is 5.54 Å². The first-order valence-corrected chi connectivity index (χ1v) is 11.1. The van der Waals surface area contributed by atoms with E-state index in [0.717, 1.165) is 11.3 Å². The highest BCUT2D eigenvalue weighted by Gasteiger charge is 2.34. The molecular weight excluding hydrogens is 453 g/mol. The SMILES string of the molecule is CC(C)(Nc1ccc(Cl)cc1)c1nnnn1C(/C=C/c1ccc(Cl)cc1Cl)C(C)(C)C. The fraction of sp³-hybridized carbons (Fsp3) is 0.348. The second-order valence-corrected chi connectivity index (χ2v) is 10.3. The number of aromatic nitrogens is 4. The number of halogens is 3. The van der Waals surface area contributed by atoms with E-state index in [1.807, 2.05) is 61.0 Å². The molecule has 0 bridgehead atoms. The lowest BCUT2D eigenvalue weighted by Gasteiger charge is -2.33. The number of benzene rings is 2. The topological polar surface area (TPSA) is 55.6 Å². The highest BCUT2D eigenvalue weighted by molar-refractivity contribution is 6.35. The molecule has 0 spiro atoms. The molecule has 0 fully saturated rings. The quantitative estimate of drug-likeness (QED) is 0.404. The molecule has 0 amide bonds. The summed E-state index contributed by atoms with van der Waals surface area (Å²) in [4.78, 5) is 0. The number of nitrogens with one attached hydrogen (secondary N) is 1. The Bertz CT molecular complexity index is 1070. The molecule has 2 aromatic carbocycles. The normalized spacial score (nSPS) is 13.5. The fourth-order valence-corrected chi connectivity index (χ4v) is 3.91. The maximum absolute atomic E-state index is 6.36. The molecule has 0 aliphatic rings. The van der Waals surface area contributed by atoms with Crippen LogP contribution in [0.2, 0.25) is 15.1 Å². The predicted octanol–water partition coefficient (Wildman–Crippen LogP) is 7.28. The Morgan fingerprint density at radius 1 is 0.935 bits per heavy atom. The van der Waals surface area contributed by atoms with Gasteiger partial charge < -0.3 is 5.32 Å². The zero-order valence-electron chi connectivity index (χ0n) is 18.2. The Morgan fingerprint density at radius 2 is 1.58 bits per heavy atom. The molecular formula is C23H26Cl3N5. The maximum atomic E-state index is 6.36. The van der Waals surface area contributed by atoms with Gasteiger partial charge in [-0.25, -0.2) is 4.68 Å².